The molecule has 0 fully saturated rings. The molecule has 94 valence electrons. The van der Waals surface area contributed by atoms with Crippen molar-refractivity contribution in [1.82, 2.24) is 10.2 Å². The molecule has 0 radical (unpaired) electrons. The Hall–Kier alpha value is -2.11. The average Bonchev–Trinajstić information content (AvgIpc) is 2.38. The molecule has 2 rings (SSSR count). The van der Waals surface area contributed by atoms with E-state index in [2.05, 4.69) is 10.2 Å². The summed E-state index contributed by atoms with van der Waals surface area (Å²) in [5, 5.41) is 7.54. The van der Waals surface area contributed by atoms with Crippen molar-refractivity contribution >= 4 is 0 Å². The molecule has 0 aliphatic carbocycles. The van der Waals surface area contributed by atoms with Crippen LogP contribution in [0.1, 0.15) is 5.56 Å². The lowest BCUT2D eigenvalue weighted by Gasteiger charge is -2.07. The predicted molar refractivity (Wildman–Crippen MR) is 59.0 cm³/mol. The summed E-state index contributed by atoms with van der Waals surface area (Å²) in [6.45, 7) is 0. The van der Waals surface area contributed by atoms with Gasteiger partial charge in [-0.3, -0.25) is 0 Å². The van der Waals surface area contributed by atoms with Crippen molar-refractivity contribution in [3.05, 3.63) is 42.1 Å². The summed E-state index contributed by atoms with van der Waals surface area (Å²) in [6, 6.07) is 6.33. The van der Waals surface area contributed by atoms with Gasteiger partial charge in [-0.15, -0.1) is 0 Å². The predicted octanol–water partition coefficient (Wildman–Crippen LogP) is 3.17. The molecular formula is C12H9F3N2O. The Morgan fingerprint density at radius 2 is 1.78 bits per heavy atom. The highest BCUT2D eigenvalue weighted by molar-refractivity contribution is 5.60. The zero-order chi connectivity index (χ0) is 13.2. The lowest BCUT2D eigenvalue weighted by atomic mass is 10.1. The van der Waals surface area contributed by atoms with Gasteiger partial charge in [0.15, 0.2) is 0 Å². The quantitative estimate of drug-likeness (QED) is 0.825. The first-order valence-corrected chi connectivity index (χ1v) is 5.05. The van der Waals surface area contributed by atoms with E-state index in [1.165, 1.54) is 25.4 Å². The van der Waals surface area contributed by atoms with Gasteiger partial charge in [0.05, 0.1) is 24.6 Å². The van der Waals surface area contributed by atoms with Crippen molar-refractivity contribution < 1.29 is 17.9 Å². The van der Waals surface area contributed by atoms with E-state index in [1.807, 2.05) is 0 Å². The smallest absolute Gasteiger partial charge is 0.416 e. The summed E-state index contributed by atoms with van der Waals surface area (Å²) in [4.78, 5) is 0. The highest BCUT2D eigenvalue weighted by atomic mass is 19.4. The molecule has 6 heteroatoms. The van der Waals surface area contributed by atoms with Crippen molar-refractivity contribution in [2.24, 2.45) is 0 Å². The van der Waals surface area contributed by atoms with Crippen LogP contribution in [0.25, 0.3) is 11.3 Å². The molecule has 0 bridgehead atoms. The lowest BCUT2D eigenvalue weighted by Crippen LogP contribution is -2.04. The van der Waals surface area contributed by atoms with Gasteiger partial charge in [0.2, 0.25) is 0 Å². The maximum Gasteiger partial charge on any atom is 0.416 e. The molecule has 3 nitrogen and oxygen atoms in total. The van der Waals surface area contributed by atoms with E-state index in [-0.39, 0.29) is 0 Å². The molecule has 1 aromatic carbocycles. The molecule has 1 heterocycles. The molecule has 0 saturated carbocycles. The Labute approximate surface area is 101 Å². The van der Waals surface area contributed by atoms with Crippen molar-refractivity contribution in [3.63, 3.8) is 0 Å². The van der Waals surface area contributed by atoms with Crippen LogP contribution in [0.5, 0.6) is 5.75 Å². The van der Waals surface area contributed by atoms with Gasteiger partial charge < -0.3 is 4.74 Å². The third-order valence-corrected chi connectivity index (χ3v) is 2.37. The minimum absolute atomic E-state index is 0.461. The molecule has 0 aliphatic heterocycles. The number of nitrogens with zero attached hydrogens (tertiary/aromatic N) is 2. The normalized spacial score (nSPS) is 11.3. The largest absolute Gasteiger partial charge is 0.495 e. The summed E-state index contributed by atoms with van der Waals surface area (Å²) in [6.07, 6.45) is -2.91. The van der Waals surface area contributed by atoms with Crippen molar-refractivity contribution in [1.29, 1.82) is 0 Å². The number of aromatic nitrogens is 2. The molecule has 0 atom stereocenters. The molecule has 0 aliphatic rings. The second kappa shape index (κ2) is 4.64. The van der Waals surface area contributed by atoms with E-state index in [0.29, 0.717) is 17.0 Å². The number of rotatable bonds is 2. The van der Waals surface area contributed by atoms with Crippen molar-refractivity contribution in [2.75, 3.05) is 7.11 Å². The van der Waals surface area contributed by atoms with Gasteiger partial charge in [-0.1, -0.05) is 12.1 Å². The number of alkyl halides is 3. The second-order valence-corrected chi connectivity index (χ2v) is 3.56. The number of hydrogen-bond donors (Lipinski definition) is 0. The maximum absolute atomic E-state index is 12.4. The minimum Gasteiger partial charge on any atom is -0.495 e. The molecule has 2 aromatic rings. The summed E-state index contributed by atoms with van der Waals surface area (Å²) < 4.78 is 42.2. The molecule has 0 unspecified atom stereocenters. The van der Waals surface area contributed by atoms with Crippen LogP contribution in [0.15, 0.2) is 36.5 Å². The third kappa shape index (κ3) is 2.58. The van der Waals surface area contributed by atoms with E-state index in [1.54, 1.807) is 6.07 Å². The number of hydrogen-bond acceptors (Lipinski definition) is 3. The van der Waals surface area contributed by atoms with Crippen LogP contribution in [-0.4, -0.2) is 17.3 Å². The zero-order valence-electron chi connectivity index (χ0n) is 9.40. The molecular weight excluding hydrogens is 245 g/mol. The maximum atomic E-state index is 12.4. The van der Waals surface area contributed by atoms with Crippen LogP contribution in [-0.2, 0) is 6.18 Å². The Bertz CT molecular complexity index is 538. The first-order valence-electron chi connectivity index (χ1n) is 5.05. The fourth-order valence-corrected chi connectivity index (χ4v) is 1.43. The van der Waals surface area contributed by atoms with E-state index in [0.717, 1.165) is 12.1 Å². The summed E-state index contributed by atoms with van der Waals surface area (Å²) in [5.41, 5.74) is 0.319. The third-order valence-electron chi connectivity index (χ3n) is 2.37. The SMILES string of the molecule is COc1cnnc(-c2ccc(C(F)(F)F)cc2)c1. The van der Waals surface area contributed by atoms with Gasteiger partial charge in [0.25, 0.3) is 0 Å². The lowest BCUT2D eigenvalue weighted by molar-refractivity contribution is -0.137. The fraction of sp³-hybridized carbons (Fsp3) is 0.167. The number of methoxy groups -OCH3 is 1. The minimum atomic E-state index is -4.33. The van der Waals surface area contributed by atoms with Crippen LogP contribution in [0.3, 0.4) is 0 Å². The number of halogens is 3. The van der Waals surface area contributed by atoms with E-state index >= 15 is 0 Å². The second-order valence-electron chi connectivity index (χ2n) is 3.56. The molecule has 18 heavy (non-hydrogen) atoms. The fourth-order valence-electron chi connectivity index (χ4n) is 1.43. The first kappa shape index (κ1) is 12.3. The van der Waals surface area contributed by atoms with Gasteiger partial charge in [-0.05, 0) is 12.1 Å². The van der Waals surface area contributed by atoms with E-state index in [9.17, 15) is 13.2 Å². The van der Waals surface area contributed by atoms with Crippen molar-refractivity contribution in [2.45, 2.75) is 6.18 Å². The highest BCUT2D eigenvalue weighted by Crippen LogP contribution is 2.30. The Balaban J connectivity index is 2.34. The van der Waals surface area contributed by atoms with Crippen LogP contribution < -0.4 is 4.74 Å². The van der Waals surface area contributed by atoms with Gasteiger partial charge in [0.1, 0.15) is 5.75 Å². The van der Waals surface area contributed by atoms with Gasteiger partial charge in [-0.25, -0.2) is 0 Å². The van der Waals surface area contributed by atoms with E-state index < -0.39 is 11.7 Å². The zero-order valence-corrected chi connectivity index (χ0v) is 9.40. The molecule has 0 N–H and O–H groups in total. The van der Waals surface area contributed by atoms with Crippen LogP contribution >= 0.6 is 0 Å². The Morgan fingerprint density at radius 3 is 2.33 bits per heavy atom. The Kier molecular flexibility index (Phi) is 3.18. The van der Waals surface area contributed by atoms with Crippen LogP contribution in [0.4, 0.5) is 13.2 Å². The molecule has 0 amide bonds. The standard InChI is InChI=1S/C12H9F3N2O/c1-18-10-6-11(17-16-7-10)8-2-4-9(5-3-8)12(13,14)15/h2-7H,1H3. The van der Waals surface area contributed by atoms with Crippen LogP contribution in [0.2, 0.25) is 0 Å². The summed E-state index contributed by atoms with van der Waals surface area (Å²) >= 11 is 0. The van der Waals surface area contributed by atoms with E-state index in [4.69, 9.17) is 4.74 Å². The van der Waals surface area contributed by atoms with Gasteiger partial charge >= 0.3 is 6.18 Å². The summed E-state index contributed by atoms with van der Waals surface area (Å²) in [7, 11) is 1.48. The monoisotopic (exact) mass is 254 g/mol. The van der Waals surface area contributed by atoms with Gasteiger partial charge in [-0.2, -0.15) is 23.4 Å². The molecule has 0 saturated heterocycles. The number of ether oxygens (including phenoxy) is 1. The average molecular weight is 254 g/mol. The number of benzene rings is 1. The summed E-state index contributed by atoms with van der Waals surface area (Å²) in [5.74, 6) is 0.500. The molecule has 1 aromatic heterocycles. The molecule has 0 spiro atoms. The topological polar surface area (TPSA) is 35.0 Å². The highest BCUT2D eigenvalue weighted by Gasteiger charge is 2.29. The van der Waals surface area contributed by atoms with Crippen LogP contribution in [0, 0.1) is 0 Å². The Morgan fingerprint density at radius 1 is 1.11 bits per heavy atom. The van der Waals surface area contributed by atoms with Crippen molar-refractivity contribution in [3.8, 4) is 17.0 Å². The van der Waals surface area contributed by atoms with Gasteiger partial charge in [0, 0.05) is 11.6 Å². The first-order chi connectivity index (χ1) is 8.50.